The summed E-state index contributed by atoms with van der Waals surface area (Å²) in [5.41, 5.74) is 3.97. The molecule has 1 N–H and O–H groups in total. The van der Waals surface area contributed by atoms with Crippen molar-refractivity contribution in [3.63, 3.8) is 0 Å². The maximum atomic E-state index is 11.9. The zero-order valence-electron chi connectivity index (χ0n) is 33.2. The zero-order chi connectivity index (χ0) is 39.4. The maximum Gasteiger partial charge on any atom is 0.261 e. The molecule has 1 unspecified atom stereocenters. The van der Waals surface area contributed by atoms with Crippen LogP contribution in [0.1, 0.15) is 55.5 Å². The number of aliphatic hydroxyl groups is 1. The van der Waals surface area contributed by atoms with Crippen LogP contribution in [0, 0.1) is 5.92 Å². The molecule has 0 radical (unpaired) electrons. The summed E-state index contributed by atoms with van der Waals surface area (Å²) in [5, 5.41) is 14.2. The third-order valence-electron chi connectivity index (χ3n) is 10.3. The van der Waals surface area contributed by atoms with Gasteiger partial charge in [-0.1, -0.05) is 154 Å². The molecule has 0 aliphatic rings. The predicted octanol–water partition coefficient (Wildman–Crippen LogP) is 9.72. The Morgan fingerprint density at radius 1 is 0.536 bits per heavy atom. The first-order valence-corrected chi connectivity index (χ1v) is 21.2. The molecule has 290 valence electrons. The van der Waals surface area contributed by atoms with Gasteiger partial charge in [0.1, 0.15) is 13.2 Å². The van der Waals surface area contributed by atoms with Crippen molar-refractivity contribution in [2.75, 3.05) is 20.8 Å². The van der Waals surface area contributed by atoms with E-state index in [1.165, 1.54) is 10.4 Å². The average molecular weight is 767 g/mol. The summed E-state index contributed by atoms with van der Waals surface area (Å²) >= 11 is 0. The number of rotatable bonds is 18. The SMILES string of the molecule is COc1cc(C[C@H](CO[Si](c2ccccc2)(c2ccccc2)C(C)(C)C)CC(O)c2ccc(OCc3ccccc3)c(OC)c2)ccc1OCc1ccccc1. The fraction of sp³-hybridized carbons (Fsp3) is 0.265. The van der Waals surface area contributed by atoms with Gasteiger partial charge in [-0.2, -0.15) is 0 Å². The first-order chi connectivity index (χ1) is 27.2. The molecule has 6 rings (SSSR count). The molecule has 6 nitrogen and oxygen atoms in total. The third kappa shape index (κ3) is 9.90. The second kappa shape index (κ2) is 19.0. The highest BCUT2D eigenvalue weighted by atomic mass is 28.4. The number of methoxy groups -OCH3 is 2. The van der Waals surface area contributed by atoms with Crippen LogP contribution in [0.25, 0.3) is 0 Å². The molecule has 0 aliphatic heterocycles. The summed E-state index contributed by atoms with van der Waals surface area (Å²) in [4.78, 5) is 0. The van der Waals surface area contributed by atoms with Crippen LogP contribution in [-0.4, -0.2) is 34.3 Å². The van der Waals surface area contributed by atoms with E-state index in [-0.39, 0.29) is 11.0 Å². The van der Waals surface area contributed by atoms with E-state index in [0.29, 0.717) is 55.7 Å². The molecule has 0 saturated carbocycles. The van der Waals surface area contributed by atoms with E-state index in [1.807, 2.05) is 91.0 Å². The van der Waals surface area contributed by atoms with Crippen molar-refractivity contribution >= 4 is 18.7 Å². The predicted molar refractivity (Wildman–Crippen MR) is 228 cm³/mol. The second-order valence-corrected chi connectivity index (χ2v) is 19.5. The Bertz CT molecular complexity index is 2050. The highest BCUT2D eigenvalue weighted by Gasteiger charge is 2.50. The van der Waals surface area contributed by atoms with Crippen molar-refractivity contribution in [1.82, 2.24) is 0 Å². The summed E-state index contributed by atoms with van der Waals surface area (Å²) in [6.07, 6.45) is 0.329. The Hall–Kier alpha value is -5.34. The first-order valence-electron chi connectivity index (χ1n) is 19.3. The van der Waals surface area contributed by atoms with E-state index in [0.717, 1.165) is 22.3 Å². The van der Waals surface area contributed by atoms with Gasteiger partial charge in [-0.05, 0) is 80.7 Å². The molecule has 2 atom stereocenters. The van der Waals surface area contributed by atoms with Crippen LogP contribution in [0.2, 0.25) is 5.04 Å². The normalized spacial score (nSPS) is 12.8. The summed E-state index contributed by atoms with van der Waals surface area (Å²) in [6.45, 7) is 8.16. The molecule has 0 aromatic heterocycles. The van der Waals surface area contributed by atoms with Gasteiger partial charge >= 0.3 is 0 Å². The van der Waals surface area contributed by atoms with E-state index in [2.05, 4.69) is 87.5 Å². The summed E-state index contributed by atoms with van der Waals surface area (Å²) in [7, 11) is 0.444. The molecule has 0 fully saturated rings. The minimum Gasteiger partial charge on any atom is -0.493 e. The van der Waals surface area contributed by atoms with Gasteiger partial charge < -0.3 is 28.5 Å². The molecular formula is C49H54O6Si. The number of aliphatic hydroxyl groups excluding tert-OH is 1. The van der Waals surface area contributed by atoms with Crippen LogP contribution < -0.4 is 29.3 Å². The summed E-state index contributed by atoms with van der Waals surface area (Å²) in [6, 6.07) is 53.3. The summed E-state index contributed by atoms with van der Waals surface area (Å²) in [5.74, 6) is 2.49. The molecule has 0 heterocycles. The topological polar surface area (TPSA) is 66.4 Å². The largest absolute Gasteiger partial charge is 0.493 e. The molecule has 7 heteroatoms. The first kappa shape index (κ1) is 40.3. The van der Waals surface area contributed by atoms with Gasteiger partial charge in [-0.15, -0.1) is 0 Å². The van der Waals surface area contributed by atoms with E-state index in [1.54, 1.807) is 14.2 Å². The number of benzene rings is 6. The minimum absolute atomic E-state index is 0.0626. The lowest BCUT2D eigenvalue weighted by Gasteiger charge is -2.44. The minimum atomic E-state index is -2.85. The fourth-order valence-corrected chi connectivity index (χ4v) is 12.1. The molecule has 0 spiro atoms. The van der Waals surface area contributed by atoms with Gasteiger partial charge in [0.05, 0.1) is 20.3 Å². The van der Waals surface area contributed by atoms with Crippen LogP contribution >= 0.6 is 0 Å². The average Bonchev–Trinajstić information content (AvgIpc) is 3.23. The molecule has 0 aliphatic carbocycles. The van der Waals surface area contributed by atoms with Crippen molar-refractivity contribution in [3.05, 3.63) is 180 Å². The Balaban J connectivity index is 1.29. The van der Waals surface area contributed by atoms with Crippen LogP contribution in [0.5, 0.6) is 23.0 Å². The van der Waals surface area contributed by atoms with Crippen molar-refractivity contribution in [2.45, 2.75) is 58.0 Å². The molecule has 0 saturated heterocycles. The smallest absolute Gasteiger partial charge is 0.261 e. The maximum absolute atomic E-state index is 11.9. The Labute approximate surface area is 333 Å². The van der Waals surface area contributed by atoms with Crippen molar-refractivity contribution in [2.24, 2.45) is 5.92 Å². The molecule has 6 aromatic carbocycles. The molecule has 56 heavy (non-hydrogen) atoms. The second-order valence-electron chi connectivity index (χ2n) is 15.2. The van der Waals surface area contributed by atoms with Crippen LogP contribution in [-0.2, 0) is 24.1 Å². The van der Waals surface area contributed by atoms with E-state index in [9.17, 15) is 5.11 Å². The molecule has 0 amide bonds. The van der Waals surface area contributed by atoms with Gasteiger partial charge in [0, 0.05) is 6.61 Å². The lowest BCUT2D eigenvalue weighted by Crippen LogP contribution is -2.67. The van der Waals surface area contributed by atoms with E-state index >= 15 is 0 Å². The Kier molecular flexibility index (Phi) is 13.7. The standard InChI is InChI=1S/C49H54O6Si/c1-49(2,3)56(42-22-14-8-15-23-42,43-24-16-9-17-25-43)55-36-40(30-39-26-28-45(47(32-39)51-4)53-34-37-18-10-6-11-19-37)31-44(50)41-27-29-46(48(33-41)52-5)54-35-38-20-12-7-13-21-38/h6-29,32-33,40,44,50H,30-31,34-36H2,1-5H3/t40-,44?/m0/s1. The van der Waals surface area contributed by atoms with E-state index in [4.69, 9.17) is 23.4 Å². The van der Waals surface area contributed by atoms with Gasteiger partial charge in [0.15, 0.2) is 23.0 Å². The lowest BCUT2D eigenvalue weighted by atomic mass is 9.91. The quantitative estimate of drug-likeness (QED) is 0.0880. The Morgan fingerprint density at radius 3 is 1.48 bits per heavy atom. The molecular weight excluding hydrogens is 713 g/mol. The van der Waals surface area contributed by atoms with Crippen LogP contribution in [0.3, 0.4) is 0 Å². The van der Waals surface area contributed by atoms with E-state index < -0.39 is 14.4 Å². The van der Waals surface area contributed by atoms with Crippen LogP contribution in [0.15, 0.2) is 158 Å². The number of hydrogen-bond donors (Lipinski definition) is 1. The highest BCUT2D eigenvalue weighted by molar-refractivity contribution is 6.99. The fourth-order valence-electron chi connectivity index (χ4n) is 7.44. The molecule has 0 bridgehead atoms. The lowest BCUT2D eigenvalue weighted by molar-refractivity contribution is 0.119. The Morgan fingerprint density at radius 2 is 1.00 bits per heavy atom. The third-order valence-corrected chi connectivity index (χ3v) is 15.3. The van der Waals surface area contributed by atoms with Gasteiger partial charge in [-0.3, -0.25) is 0 Å². The monoisotopic (exact) mass is 766 g/mol. The van der Waals surface area contributed by atoms with Crippen molar-refractivity contribution < 1.29 is 28.5 Å². The van der Waals surface area contributed by atoms with Gasteiger partial charge in [-0.25, -0.2) is 0 Å². The number of ether oxygens (including phenoxy) is 4. The summed E-state index contributed by atoms with van der Waals surface area (Å²) < 4.78 is 31.4. The van der Waals surface area contributed by atoms with Crippen molar-refractivity contribution in [1.29, 1.82) is 0 Å². The highest BCUT2D eigenvalue weighted by Crippen LogP contribution is 2.39. The van der Waals surface area contributed by atoms with Crippen molar-refractivity contribution in [3.8, 4) is 23.0 Å². The molecule has 6 aromatic rings. The number of hydrogen-bond acceptors (Lipinski definition) is 6. The van der Waals surface area contributed by atoms with Gasteiger partial charge in [0.2, 0.25) is 0 Å². The van der Waals surface area contributed by atoms with Crippen LogP contribution in [0.4, 0.5) is 0 Å². The zero-order valence-corrected chi connectivity index (χ0v) is 34.2. The van der Waals surface area contributed by atoms with Gasteiger partial charge in [0.25, 0.3) is 8.32 Å².